The number of carbonyl (C=O) groups is 3. The zero-order valence-electron chi connectivity index (χ0n) is 21.6. The summed E-state index contributed by atoms with van der Waals surface area (Å²) in [5.41, 5.74) is -2.88. The maximum atomic E-state index is 13.3. The lowest BCUT2D eigenvalue weighted by Crippen LogP contribution is -2.31. The van der Waals surface area contributed by atoms with Crippen molar-refractivity contribution in [3.05, 3.63) is 73.8 Å². The van der Waals surface area contributed by atoms with E-state index in [9.17, 15) is 45.8 Å². The number of nitrogens with one attached hydrogen (secondary N) is 1. The molecule has 16 heteroatoms. The molecule has 1 aliphatic heterocycles. The summed E-state index contributed by atoms with van der Waals surface area (Å²) in [4.78, 5) is 38.2. The fourth-order valence-electron chi connectivity index (χ4n) is 4.01. The Bertz CT molecular complexity index is 1650. The lowest BCUT2D eigenvalue weighted by atomic mass is 9.98. The summed E-state index contributed by atoms with van der Waals surface area (Å²) in [6.45, 7) is 1.39. The Labute approximate surface area is 252 Å². The Morgan fingerprint density at radius 2 is 1.67 bits per heavy atom. The summed E-state index contributed by atoms with van der Waals surface area (Å²) in [5, 5.41) is 22.6. The van der Waals surface area contributed by atoms with E-state index in [-0.39, 0.29) is 50.6 Å². The van der Waals surface area contributed by atoms with E-state index in [1.807, 2.05) is 0 Å². The highest BCUT2D eigenvalue weighted by molar-refractivity contribution is 8.26. The molecule has 3 N–H and O–H groups in total. The molecule has 4 rings (SSSR count). The molecule has 3 aromatic rings. The van der Waals surface area contributed by atoms with E-state index in [1.165, 1.54) is 29.3 Å². The number of thiocarbonyl (C=S) groups is 1. The van der Waals surface area contributed by atoms with Crippen LogP contribution in [0.1, 0.15) is 38.3 Å². The molecular weight excluding hydrogens is 642 g/mol. The molecule has 0 unspecified atom stereocenters. The zero-order chi connectivity index (χ0) is 31.9. The number of phenols is 1. The number of halogens is 6. The number of carboxylic acid groups (broad SMARTS) is 1. The van der Waals surface area contributed by atoms with E-state index in [4.69, 9.17) is 17.3 Å². The molecule has 0 saturated carbocycles. The summed E-state index contributed by atoms with van der Waals surface area (Å²) in [6, 6.07) is 4.78. The topological polar surface area (TPSA) is 107 Å². The number of thiophene rings is 1. The first-order valence-electron chi connectivity index (χ1n) is 11.9. The second-order valence-corrected chi connectivity index (χ2v) is 11.7. The molecule has 2 amide bonds. The third-order valence-electron chi connectivity index (χ3n) is 6.19. The van der Waals surface area contributed by atoms with Gasteiger partial charge in [0.15, 0.2) is 0 Å². The number of hydrogen-bond acceptors (Lipinski definition) is 7. The van der Waals surface area contributed by atoms with E-state index >= 15 is 0 Å². The van der Waals surface area contributed by atoms with Gasteiger partial charge in [0.25, 0.3) is 5.91 Å². The second-order valence-electron chi connectivity index (χ2n) is 9.10. The summed E-state index contributed by atoms with van der Waals surface area (Å²) in [5.74, 6) is -3.00. The van der Waals surface area contributed by atoms with E-state index in [0.717, 1.165) is 35.2 Å². The number of hydrogen-bond donors (Lipinski definition) is 3. The number of aromatic carboxylic acids is 1. The monoisotopic (exact) mass is 660 g/mol. The molecule has 2 aromatic carbocycles. The molecular formula is C27H18F6N2O5S3. The van der Waals surface area contributed by atoms with Crippen molar-refractivity contribution in [2.24, 2.45) is 0 Å². The molecule has 1 aliphatic rings. The quantitative estimate of drug-likeness (QED) is 0.138. The molecule has 1 aromatic heterocycles. The maximum absolute atomic E-state index is 13.3. The van der Waals surface area contributed by atoms with Crippen molar-refractivity contribution in [2.75, 3.05) is 11.9 Å². The Morgan fingerprint density at radius 1 is 1.05 bits per heavy atom. The Balaban J connectivity index is 1.49. The highest BCUT2D eigenvalue weighted by Crippen LogP contribution is 2.42. The standard InChI is InChI=1S/C27H18F6N2O5S3/c1-12-18(13-6-14(26(28,29)30)8-15(7-13)27(31,32)33)11-42-20(12)10-21-23(38)35(25(41)43-21)5-4-22(37)34-16-2-3-17(24(39)40)19(36)9-16/h2-3,6-11,36H,4-5H2,1H3,(H,34,37)(H,39,40). The minimum absolute atomic E-state index is 0.0522. The number of benzene rings is 2. The van der Waals surface area contributed by atoms with Crippen LogP contribution < -0.4 is 5.32 Å². The van der Waals surface area contributed by atoms with Gasteiger partial charge in [-0.05, 0) is 65.4 Å². The SMILES string of the molecule is Cc1c(-c2cc(C(F)(F)F)cc(C(F)(F)F)c2)csc1C=C1SC(=S)N(CCC(=O)Nc2ccc(C(=O)O)c(O)c2)C1=O. The van der Waals surface area contributed by atoms with Crippen LogP contribution in [0.3, 0.4) is 0 Å². The van der Waals surface area contributed by atoms with Gasteiger partial charge in [0, 0.05) is 29.6 Å². The number of amides is 2. The number of alkyl halides is 6. The van der Waals surface area contributed by atoms with Crippen LogP contribution in [0, 0.1) is 6.92 Å². The number of nitrogens with zero attached hydrogens (tertiary/aromatic N) is 1. The van der Waals surface area contributed by atoms with Crippen molar-refractivity contribution in [1.82, 2.24) is 4.90 Å². The van der Waals surface area contributed by atoms with Gasteiger partial charge in [0.2, 0.25) is 5.91 Å². The first-order chi connectivity index (χ1) is 20.0. The molecule has 7 nitrogen and oxygen atoms in total. The number of anilines is 1. The number of aromatic hydroxyl groups is 1. The van der Waals surface area contributed by atoms with E-state index in [0.29, 0.717) is 22.6 Å². The van der Waals surface area contributed by atoms with Gasteiger partial charge in [-0.25, -0.2) is 4.79 Å². The van der Waals surface area contributed by atoms with E-state index in [2.05, 4.69) is 5.32 Å². The molecule has 43 heavy (non-hydrogen) atoms. The van der Waals surface area contributed by atoms with Gasteiger partial charge in [-0.3, -0.25) is 14.5 Å². The van der Waals surface area contributed by atoms with Gasteiger partial charge >= 0.3 is 18.3 Å². The minimum atomic E-state index is -5.00. The molecule has 1 fully saturated rings. The van der Waals surface area contributed by atoms with Gasteiger partial charge in [-0.2, -0.15) is 26.3 Å². The number of carboxylic acids is 1. The molecule has 0 radical (unpaired) electrons. The van der Waals surface area contributed by atoms with Gasteiger partial charge in [0.1, 0.15) is 15.6 Å². The third-order valence-corrected chi connectivity index (χ3v) is 8.60. The third kappa shape index (κ3) is 7.19. The Kier molecular flexibility index (Phi) is 8.95. The average molecular weight is 661 g/mol. The maximum Gasteiger partial charge on any atom is 0.416 e. The van der Waals surface area contributed by atoms with Gasteiger partial charge in [-0.1, -0.05) is 24.0 Å². The smallest absolute Gasteiger partial charge is 0.416 e. The molecule has 0 atom stereocenters. The van der Waals surface area contributed by atoms with Crippen molar-refractivity contribution >= 4 is 69.2 Å². The Hall–Kier alpha value is -3.89. The van der Waals surface area contributed by atoms with Crippen LogP contribution in [0.2, 0.25) is 0 Å². The molecule has 1 saturated heterocycles. The molecule has 2 heterocycles. The molecule has 0 spiro atoms. The van der Waals surface area contributed by atoms with E-state index in [1.54, 1.807) is 0 Å². The minimum Gasteiger partial charge on any atom is -0.507 e. The van der Waals surface area contributed by atoms with Crippen molar-refractivity contribution in [3.63, 3.8) is 0 Å². The second kappa shape index (κ2) is 12.0. The van der Waals surface area contributed by atoms with Crippen molar-refractivity contribution in [1.29, 1.82) is 0 Å². The van der Waals surface area contributed by atoms with Crippen LogP contribution in [-0.2, 0) is 21.9 Å². The van der Waals surface area contributed by atoms with Crippen LogP contribution in [0.5, 0.6) is 5.75 Å². The van der Waals surface area contributed by atoms with E-state index < -0.39 is 47.0 Å². The fourth-order valence-corrected chi connectivity index (χ4v) is 6.40. The normalized spacial score (nSPS) is 15.0. The van der Waals surface area contributed by atoms with Gasteiger partial charge in [0.05, 0.1) is 16.0 Å². The van der Waals surface area contributed by atoms with Gasteiger partial charge < -0.3 is 15.5 Å². The predicted octanol–water partition coefficient (Wildman–Crippen LogP) is 7.39. The van der Waals surface area contributed by atoms with Crippen LogP contribution in [-0.4, -0.2) is 43.8 Å². The number of thioether (sulfide) groups is 1. The van der Waals surface area contributed by atoms with Crippen molar-refractivity contribution in [3.8, 4) is 16.9 Å². The lowest BCUT2D eigenvalue weighted by Gasteiger charge is -2.14. The van der Waals surface area contributed by atoms with Crippen LogP contribution in [0.25, 0.3) is 17.2 Å². The summed E-state index contributed by atoms with van der Waals surface area (Å²) < 4.78 is 80.2. The summed E-state index contributed by atoms with van der Waals surface area (Å²) in [7, 11) is 0. The molecule has 0 aliphatic carbocycles. The molecule has 226 valence electrons. The Morgan fingerprint density at radius 3 is 2.23 bits per heavy atom. The zero-order valence-corrected chi connectivity index (χ0v) is 24.0. The molecule has 0 bridgehead atoms. The van der Waals surface area contributed by atoms with Crippen LogP contribution in [0.4, 0.5) is 32.0 Å². The fraction of sp³-hybridized carbons (Fsp3) is 0.185. The predicted molar refractivity (Wildman–Crippen MR) is 153 cm³/mol. The number of carbonyl (C=O) groups excluding carboxylic acids is 2. The van der Waals surface area contributed by atoms with Crippen molar-refractivity contribution in [2.45, 2.75) is 25.7 Å². The highest BCUT2D eigenvalue weighted by atomic mass is 32.2. The first-order valence-corrected chi connectivity index (χ1v) is 14.1. The summed E-state index contributed by atoms with van der Waals surface area (Å²) in [6.07, 6.45) is -8.77. The largest absolute Gasteiger partial charge is 0.507 e. The first kappa shape index (κ1) is 32.0. The highest BCUT2D eigenvalue weighted by Gasteiger charge is 2.37. The van der Waals surface area contributed by atoms with Crippen LogP contribution >= 0.6 is 35.3 Å². The average Bonchev–Trinajstić information content (AvgIpc) is 3.39. The summed E-state index contributed by atoms with van der Waals surface area (Å²) >= 11 is 7.20. The lowest BCUT2D eigenvalue weighted by molar-refractivity contribution is -0.143. The number of rotatable bonds is 7. The van der Waals surface area contributed by atoms with Crippen LogP contribution in [0.15, 0.2) is 46.7 Å². The van der Waals surface area contributed by atoms with Crippen molar-refractivity contribution < 1.29 is 50.9 Å². The van der Waals surface area contributed by atoms with Gasteiger partial charge in [-0.15, -0.1) is 11.3 Å².